The van der Waals surface area contributed by atoms with Gasteiger partial charge in [-0.2, -0.15) is 0 Å². The van der Waals surface area contributed by atoms with E-state index in [1.165, 1.54) is 12.1 Å². The van der Waals surface area contributed by atoms with Gasteiger partial charge in [-0.3, -0.25) is 0 Å². The van der Waals surface area contributed by atoms with Gasteiger partial charge in [0.25, 0.3) is 0 Å². The number of carboxylic acids is 1. The molecule has 0 aliphatic heterocycles. The third-order valence-corrected chi connectivity index (χ3v) is 5.00. The van der Waals surface area contributed by atoms with E-state index in [0.29, 0.717) is 0 Å². The SMILES string of the molecule is CS(=O)(=O)c1ccc(OCC2(CO)CCC2)c(C(=O)O)c1. The van der Waals surface area contributed by atoms with Gasteiger partial charge in [-0.1, -0.05) is 6.42 Å². The lowest BCUT2D eigenvalue weighted by Gasteiger charge is -2.39. The Balaban J connectivity index is 2.25. The third kappa shape index (κ3) is 3.36. The molecule has 0 aromatic heterocycles. The number of aliphatic hydroxyl groups is 1. The van der Waals surface area contributed by atoms with Crippen LogP contribution in [-0.2, 0) is 9.84 Å². The Bertz CT molecular complexity index is 640. The minimum absolute atomic E-state index is 0.00315. The summed E-state index contributed by atoms with van der Waals surface area (Å²) in [6.45, 7) is 0.221. The lowest BCUT2D eigenvalue weighted by molar-refractivity contribution is -0.000315. The van der Waals surface area contributed by atoms with Crippen molar-refractivity contribution in [1.82, 2.24) is 0 Å². The van der Waals surface area contributed by atoms with Crippen LogP contribution >= 0.6 is 0 Å². The zero-order valence-corrected chi connectivity index (χ0v) is 12.5. The first-order valence-corrected chi connectivity index (χ1v) is 8.48. The third-order valence-electron chi connectivity index (χ3n) is 3.89. The van der Waals surface area contributed by atoms with Crippen LogP contribution in [0.2, 0.25) is 0 Å². The molecule has 1 saturated carbocycles. The van der Waals surface area contributed by atoms with Crippen LogP contribution in [0, 0.1) is 5.41 Å². The summed E-state index contributed by atoms with van der Waals surface area (Å²) < 4.78 is 28.5. The smallest absolute Gasteiger partial charge is 0.339 e. The van der Waals surface area contributed by atoms with Crippen LogP contribution in [0.1, 0.15) is 29.6 Å². The highest BCUT2D eigenvalue weighted by atomic mass is 32.2. The van der Waals surface area contributed by atoms with E-state index in [1.54, 1.807) is 0 Å². The van der Waals surface area contributed by atoms with E-state index in [4.69, 9.17) is 4.74 Å². The first-order valence-electron chi connectivity index (χ1n) is 6.58. The normalized spacial score (nSPS) is 17.0. The van der Waals surface area contributed by atoms with Crippen LogP contribution in [0.5, 0.6) is 5.75 Å². The molecule has 0 amide bonds. The lowest BCUT2D eigenvalue weighted by atomic mass is 9.70. The molecule has 0 saturated heterocycles. The van der Waals surface area contributed by atoms with Crippen LogP contribution in [0.3, 0.4) is 0 Å². The highest BCUT2D eigenvalue weighted by Gasteiger charge is 2.37. The molecule has 0 bridgehead atoms. The molecule has 1 fully saturated rings. The number of hydrogen-bond acceptors (Lipinski definition) is 5. The number of rotatable bonds is 6. The second-order valence-corrected chi connectivity index (χ2v) is 7.55. The number of benzene rings is 1. The van der Waals surface area contributed by atoms with Gasteiger partial charge < -0.3 is 14.9 Å². The lowest BCUT2D eigenvalue weighted by Crippen LogP contribution is -2.39. The Morgan fingerprint density at radius 3 is 2.48 bits per heavy atom. The molecule has 0 atom stereocenters. The second kappa shape index (κ2) is 5.65. The predicted molar refractivity (Wildman–Crippen MR) is 75.4 cm³/mol. The summed E-state index contributed by atoms with van der Waals surface area (Å²) in [7, 11) is -3.48. The Kier molecular flexibility index (Phi) is 4.25. The number of carboxylic acid groups (broad SMARTS) is 1. The van der Waals surface area contributed by atoms with Crippen molar-refractivity contribution in [2.24, 2.45) is 5.41 Å². The standard InChI is InChI=1S/C14H18O6S/c1-21(18,19)10-3-4-12(11(7-10)13(16)17)20-9-14(8-15)5-2-6-14/h3-4,7,15H,2,5-6,8-9H2,1H3,(H,16,17). The summed E-state index contributed by atoms with van der Waals surface area (Å²) in [5.41, 5.74) is -0.490. The van der Waals surface area contributed by atoms with E-state index >= 15 is 0 Å². The van der Waals surface area contributed by atoms with Crippen LogP contribution < -0.4 is 4.74 Å². The van der Waals surface area contributed by atoms with Gasteiger partial charge in [-0.05, 0) is 31.0 Å². The largest absolute Gasteiger partial charge is 0.492 e. The summed E-state index contributed by atoms with van der Waals surface area (Å²) in [4.78, 5) is 11.2. The number of sulfone groups is 1. The number of aromatic carboxylic acids is 1. The van der Waals surface area contributed by atoms with Gasteiger partial charge in [-0.25, -0.2) is 13.2 Å². The maximum atomic E-state index is 11.5. The summed E-state index contributed by atoms with van der Waals surface area (Å²) in [6, 6.07) is 3.77. The zero-order chi connectivity index (χ0) is 15.7. The molecule has 7 heteroatoms. The number of aliphatic hydroxyl groups excluding tert-OH is 1. The highest BCUT2D eigenvalue weighted by molar-refractivity contribution is 7.90. The molecule has 0 heterocycles. The van der Waals surface area contributed by atoms with Gasteiger partial charge in [0.15, 0.2) is 9.84 Å². The van der Waals surface area contributed by atoms with E-state index < -0.39 is 15.8 Å². The van der Waals surface area contributed by atoms with Gasteiger partial charge >= 0.3 is 5.97 Å². The van der Waals surface area contributed by atoms with Crippen molar-refractivity contribution < 1.29 is 28.2 Å². The van der Waals surface area contributed by atoms with Gasteiger partial charge in [-0.15, -0.1) is 0 Å². The fourth-order valence-corrected chi connectivity index (χ4v) is 2.94. The molecule has 0 unspecified atom stereocenters. The van der Waals surface area contributed by atoms with Crippen molar-refractivity contribution in [1.29, 1.82) is 0 Å². The molecule has 21 heavy (non-hydrogen) atoms. The summed E-state index contributed by atoms with van der Waals surface area (Å²) in [6.07, 6.45) is 3.72. The first-order chi connectivity index (χ1) is 9.77. The fraction of sp³-hybridized carbons (Fsp3) is 0.500. The zero-order valence-electron chi connectivity index (χ0n) is 11.7. The van der Waals surface area contributed by atoms with E-state index in [0.717, 1.165) is 31.6 Å². The average Bonchev–Trinajstić information content (AvgIpc) is 2.36. The minimum atomic E-state index is -3.48. The molecule has 6 nitrogen and oxygen atoms in total. The minimum Gasteiger partial charge on any atom is -0.492 e. The quantitative estimate of drug-likeness (QED) is 0.821. The molecule has 1 aliphatic carbocycles. The van der Waals surface area contributed by atoms with Crippen LogP contribution in [0.15, 0.2) is 23.1 Å². The molecular weight excluding hydrogens is 296 g/mol. The molecule has 2 rings (SSSR count). The number of carbonyl (C=O) groups is 1. The molecular formula is C14H18O6S. The molecule has 0 spiro atoms. The molecule has 1 aromatic rings. The highest BCUT2D eigenvalue weighted by Crippen LogP contribution is 2.41. The predicted octanol–water partition coefficient (Wildman–Crippen LogP) is 1.33. The molecule has 2 N–H and O–H groups in total. The Morgan fingerprint density at radius 2 is 2.05 bits per heavy atom. The van der Waals surface area contributed by atoms with Crippen molar-refractivity contribution in [3.8, 4) is 5.75 Å². The van der Waals surface area contributed by atoms with Gasteiger partial charge in [0, 0.05) is 11.7 Å². The number of hydrogen-bond donors (Lipinski definition) is 2. The fourth-order valence-electron chi connectivity index (χ4n) is 2.29. The van der Waals surface area contributed by atoms with Crippen LogP contribution in [0.4, 0.5) is 0 Å². The molecule has 0 radical (unpaired) electrons. The topological polar surface area (TPSA) is 101 Å². The van der Waals surface area contributed by atoms with Crippen LogP contribution in [-0.4, -0.2) is 44.1 Å². The Labute approximate surface area is 123 Å². The van der Waals surface area contributed by atoms with Gasteiger partial charge in [0.05, 0.1) is 18.1 Å². The second-order valence-electron chi connectivity index (χ2n) is 5.54. The summed E-state index contributed by atoms with van der Waals surface area (Å²) in [5.74, 6) is -1.13. The van der Waals surface area contributed by atoms with E-state index in [1.807, 2.05) is 0 Å². The van der Waals surface area contributed by atoms with Crippen molar-refractivity contribution in [2.45, 2.75) is 24.2 Å². The van der Waals surface area contributed by atoms with Gasteiger partial charge in [0.1, 0.15) is 11.3 Å². The van der Waals surface area contributed by atoms with Gasteiger partial charge in [0.2, 0.25) is 0 Å². The summed E-state index contributed by atoms with van der Waals surface area (Å²) >= 11 is 0. The Hall–Kier alpha value is -1.60. The van der Waals surface area contributed by atoms with Crippen molar-refractivity contribution in [3.05, 3.63) is 23.8 Å². The summed E-state index contributed by atoms with van der Waals surface area (Å²) in [5, 5.41) is 18.6. The van der Waals surface area contributed by atoms with Crippen LogP contribution in [0.25, 0.3) is 0 Å². The maximum Gasteiger partial charge on any atom is 0.339 e. The van der Waals surface area contributed by atoms with Crippen molar-refractivity contribution >= 4 is 15.8 Å². The number of ether oxygens (including phenoxy) is 1. The van der Waals surface area contributed by atoms with E-state index in [2.05, 4.69) is 0 Å². The average molecular weight is 314 g/mol. The Morgan fingerprint density at radius 1 is 1.38 bits per heavy atom. The monoisotopic (exact) mass is 314 g/mol. The molecule has 1 aliphatic rings. The van der Waals surface area contributed by atoms with Crippen molar-refractivity contribution in [2.75, 3.05) is 19.5 Å². The van der Waals surface area contributed by atoms with E-state index in [-0.39, 0.29) is 34.8 Å². The maximum absolute atomic E-state index is 11.5. The first kappa shape index (κ1) is 15.8. The van der Waals surface area contributed by atoms with Crippen molar-refractivity contribution in [3.63, 3.8) is 0 Å². The molecule has 116 valence electrons. The van der Waals surface area contributed by atoms with E-state index in [9.17, 15) is 23.4 Å². The molecule has 1 aromatic carbocycles.